The van der Waals surface area contributed by atoms with Crippen molar-refractivity contribution in [3.63, 3.8) is 0 Å². The minimum atomic E-state index is 0.546. The minimum Gasteiger partial charge on any atom is -0.244 e. The molecule has 0 N–H and O–H groups in total. The summed E-state index contributed by atoms with van der Waals surface area (Å²) < 4.78 is 1.21. The van der Waals surface area contributed by atoms with E-state index in [1.807, 2.05) is 12.1 Å². The van der Waals surface area contributed by atoms with Crippen LogP contribution in [0, 0.1) is 3.57 Å². The number of halogens is 2. The molecule has 60 valence electrons. The monoisotopic (exact) mass is 289 g/mol. The summed E-state index contributed by atoms with van der Waals surface area (Å²) in [7, 11) is 0. The molecule has 0 aliphatic rings. The van der Waals surface area contributed by atoms with Crippen molar-refractivity contribution in [3.05, 3.63) is 39.2 Å². The quantitative estimate of drug-likeness (QED) is 0.534. The predicted octanol–water partition coefficient (Wildman–Crippen LogP) is 3.49. The van der Waals surface area contributed by atoms with Crippen molar-refractivity contribution in [1.29, 1.82) is 0 Å². The lowest BCUT2D eigenvalue weighted by molar-refractivity contribution is 1.36. The summed E-state index contributed by atoms with van der Waals surface area (Å²) in [5, 5.41) is 2.81. The fourth-order valence-corrected chi connectivity index (χ4v) is 1.77. The zero-order chi connectivity index (χ0) is 8.55. The first-order valence-electron chi connectivity index (χ1n) is 3.46. The van der Waals surface area contributed by atoms with Gasteiger partial charge < -0.3 is 0 Å². The molecule has 1 heterocycles. The molecule has 12 heavy (non-hydrogen) atoms. The lowest BCUT2D eigenvalue weighted by atomic mass is 10.2. The molecule has 1 aromatic carbocycles. The maximum absolute atomic E-state index is 5.76. The largest absolute Gasteiger partial charge is 0.244 e. The molecule has 0 atom stereocenters. The first kappa shape index (κ1) is 8.26. The van der Waals surface area contributed by atoms with Crippen LogP contribution in [0.2, 0.25) is 5.15 Å². The molecule has 2 rings (SSSR count). The Morgan fingerprint density at radius 1 is 1.17 bits per heavy atom. The summed E-state index contributed by atoms with van der Waals surface area (Å²) in [5.41, 5.74) is 0. The second kappa shape index (κ2) is 3.18. The maximum Gasteiger partial charge on any atom is 0.129 e. The Morgan fingerprint density at radius 2 is 2.00 bits per heavy atom. The molecule has 0 unspecified atom stereocenters. The van der Waals surface area contributed by atoms with Gasteiger partial charge in [-0.15, -0.1) is 0 Å². The van der Waals surface area contributed by atoms with Crippen molar-refractivity contribution < 1.29 is 0 Å². The van der Waals surface area contributed by atoms with Gasteiger partial charge in [0, 0.05) is 15.2 Å². The van der Waals surface area contributed by atoms with Crippen molar-refractivity contribution in [2.45, 2.75) is 0 Å². The van der Waals surface area contributed by atoms with E-state index in [0.29, 0.717) is 5.15 Å². The van der Waals surface area contributed by atoms with E-state index < -0.39 is 0 Å². The molecule has 0 saturated carbocycles. The third-order valence-corrected chi connectivity index (χ3v) is 2.53. The topological polar surface area (TPSA) is 12.9 Å². The van der Waals surface area contributed by atoms with Crippen LogP contribution in [0.3, 0.4) is 0 Å². The zero-order valence-electron chi connectivity index (χ0n) is 6.09. The summed E-state index contributed by atoms with van der Waals surface area (Å²) in [5.74, 6) is 0. The lowest BCUT2D eigenvalue weighted by Gasteiger charge is -1.97. The average molecular weight is 290 g/mol. The third-order valence-electron chi connectivity index (χ3n) is 1.65. The highest BCUT2D eigenvalue weighted by atomic mass is 127. The molecule has 1 aromatic heterocycles. The molecule has 0 aliphatic carbocycles. The Hall–Kier alpha value is -0.350. The molecular weight excluding hydrogens is 284 g/mol. The smallest absolute Gasteiger partial charge is 0.129 e. The van der Waals surface area contributed by atoms with Gasteiger partial charge >= 0.3 is 0 Å². The van der Waals surface area contributed by atoms with Crippen LogP contribution in [0.15, 0.2) is 30.5 Å². The number of rotatable bonds is 0. The molecule has 0 spiro atoms. The van der Waals surface area contributed by atoms with Crippen LogP contribution in [-0.2, 0) is 0 Å². The van der Waals surface area contributed by atoms with Crippen LogP contribution in [0.4, 0.5) is 0 Å². The highest BCUT2D eigenvalue weighted by Crippen LogP contribution is 2.18. The number of fused-ring (bicyclic) bond motifs is 1. The van der Waals surface area contributed by atoms with Crippen molar-refractivity contribution in [3.8, 4) is 0 Å². The van der Waals surface area contributed by atoms with Crippen LogP contribution in [0.5, 0.6) is 0 Å². The lowest BCUT2D eigenvalue weighted by Crippen LogP contribution is -1.78. The average Bonchev–Trinajstić information content (AvgIpc) is 2.03. The Kier molecular flexibility index (Phi) is 2.19. The Balaban J connectivity index is 2.80. The van der Waals surface area contributed by atoms with Crippen LogP contribution in [-0.4, -0.2) is 4.98 Å². The van der Waals surface area contributed by atoms with E-state index in [0.717, 1.165) is 10.8 Å². The number of hydrogen-bond acceptors (Lipinski definition) is 1. The van der Waals surface area contributed by atoms with E-state index in [4.69, 9.17) is 11.6 Å². The van der Waals surface area contributed by atoms with Crippen molar-refractivity contribution in [1.82, 2.24) is 4.98 Å². The molecule has 0 saturated heterocycles. The molecule has 3 heteroatoms. The summed E-state index contributed by atoms with van der Waals surface area (Å²) in [4.78, 5) is 4.00. The van der Waals surface area contributed by atoms with Gasteiger partial charge in [0.2, 0.25) is 0 Å². The Labute approximate surface area is 88.9 Å². The molecule has 0 bridgehead atoms. The van der Waals surface area contributed by atoms with Crippen LogP contribution >= 0.6 is 34.2 Å². The van der Waals surface area contributed by atoms with Gasteiger partial charge in [-0.3, -0.25) is 0 Å². The number of pyridine rings is 1. The van der Waals surface area contributed by atoms with Gasteiger partial charge in [-0.05, 0) is 46.2 Å². The summed E-state index contributed by atoms with van der Waals surface area (Å²) in [6.45, 7) is 0. The fraction of sp³-hybridized carbons (Fsp3) is 0. The maximum atomic E-state index is 5.76. The van der Waals surface area contributed by atoms with Crippen molar-refractivity contribution in [2.75, 3.05) is 0 Å². The predicted molar refractivity (Wildman–Crippen MR) is 59.5 cm³/mol. The molecule has 0 amide bonds. The Morgan fingerprint density at radius 3 is 2.83 bits per heavy atom. The number of aromatic nitrogens is 1. The van der Waals surface area contributed by atoms with Gasteiger partial charge in [-0.1, -0.05) is 17.7 Å². The first-order chi connectivity index (χ1) is 5.75. The van der Waals surface area contributed by atoms with Gasteiger partial charge in [0.25, 0.3) is 0 Å². The van der Waals surface area contributed by atoms with Crippen molar-refractivity contribution >= 4 is 45.0 Å². The van der Waals surface area contributed by atoms with Gasteiger partial charge in [0.1, 0.15) is 5.15 Å². The highest BCUT2D eigenvalue weighted by molar-refractivity contribution is 14.1. The molecule has 1 nitrogen and oxygen atoms in total. The van der Waals surface area contributed by atoms with Crippen LogP contribution in [0.25, 0.3) is 10.8 Å². The third kappa shape index (κ3) is 1.54. The first-order valence-corrected chi connectivity index (χ1v) is 4.92. The summed E-state index contributed by atoms with van der Waals surface area (Å²) in [6.07, 6.45) is 1.79. The fourth-order valence-electron chi connectivity index (χ4n) is 1.08. The second-order valence-corrected chi connectivity index (χ2v) is 4.13. The van der Waals surface area contributed by atoms with E-state index in [1.54, 1.807) is 6.20 Å². The second-order valence-electron chi connectivity index (χ2n) is 2.50. The van der Waals surface area contributed by atoms with E-state index in [1.165, 1.54) is 3.57 Å². The molecule has 2 aromatic rings. The van der Waals surface area contributed by atoms with Gasteiger partial charge in [-0.25, -0.2) is 4.98 Å². The molecule has 0 radical (unpaired) electrons. The number of benzene rings is 1. The number of hydrogen-bond donors (Lipinski definition) is 0. The summed E-state index contributed by atoms with van der Waals surface area (Å²) >= 11 is 8.03. The minimum absolute atomic E-state index is 0.546. The molecular formula is C9H5ClIN. The van der Waals surface area contributed by atoms with Crippen LogP contribution < -0.4 is 0 Å². The Bertz CT molecular complexity index is 391. The van der Waals surface area contributed by atoms with E-state index in [2.05, 4.69) is 39.7 Å². The normalized spacial score (nSPS) is 10.5. The zero-order valence-corrected chi connectivity index (χ0v) is 9.00. The van der Waals surface area contributed by atoms with Gasteiger partial charge in [0.15, 0.2) is 0 Å². The van der Waals surface area contributed by atoms with Gasteiger partial charge in [0.05, 0.1) is 0 Å². The number of nitrogens with zero attached hydrogens (tertiary/aromatic N) is 1. The molecule has 0 fully saturated rings. The van der Waals surface area contributed by atoms with E-state index >= 15 is 0 Å². The molecule has 0 aliphatic heterocycles. The summed E-state index contributed by atoms with van der Waals surface area (Å²) in [6, 6.07) is 8.06. The van der Waals surface area contributed by atoms with E-state index in [9.17, 15) is 0 Å². The van der Waals surface area contributed by atoms with E-state index in [-0.39, 0.29) is 0 Å². The SMILES string of the molecule is Clc1cc2cc(I)ccc2cn1. The van der Waals surface area contributed by atoms with Gasteiger partial charge in [-0.2, -0.15) is 0 Å². The van der Waals surface area contributed by atoms with Crippen molar-refractivity contribution in [2.24, 2.45) is 0 Å². The van der Waals surface area contributed by atoms with Crippen LogP contribution in [0.1, 0.15) is 0 Å². The highest BCUT2D eigenvalue weighted by Gasteiger charge is 1.95. The standard InChI is InChI=1S/C9H5ClIN/c10-9-4-7-3-8(11)2-1-6(7)5-12-9/h1-5H.